The second-order valence-corrected chi connectivity index (χ2v) is 8.08. The quantitative estimate of drug-likeness (QED) is 0.379. The number of aromatic nitrogens is 3. The fraction of sp³-hybridized carbons (Fsp3) is 0.208. The van der Waals surface area contributed by atoms with Gasteiger partial charge in [0.25, 0.3) is 5.91 Å². The van der Waals surface area contributed by atoms with E-state index in [0.29, 0.717) is 52.4 Å². The van der Waals surface area contributed by atoms with Gasteiger partial charge in [-0.3, -0.25) is 14.5 Å². The zero-order chi connectivity index (χ0) is 23.8. The van der Waals surface area contributed by atoms with E-state index in [9.17, 15) is 4.79 Å². The number of rotatable bonds is 6. The molecule has 1 aliphatic heterocycles. The third-order valence-corrected chi connectivity index (χ3v) is 6.09. The van der Waals surface area contributed by atoms with Gasteiger partial charge in [-0.15, -0.1) is 0 Å². The maximum absolute atomic E-state index is 12.9. The summed E-state index contributed by atoms with van der Waals surface area (Å²) in [7, 11) is 5.00. The molecule has 0 atom stereocenters. The molecule has 10 heteroatoms. The Morgan fingerprint density at radius 1 is 1.15 bits per heavy atom. The number of hydrogen-bond acceptors (Lipinski definition) is 7. The van der Waals surface area contributed by atoms with Crippen molar-refractivity contribution in [3.8, 4) is 22.8 Å². The number of carbonyl (C=O) groups excluding carboxylic acids is 1. The van der Waals surface area contributed by atoms with E-state index in [4.69, 9.17) is 26.2 Å². The highest BCUT2D eigenvalue weighted by Gasteiger charge is 2.29. The summed E-state index contributed by atoms with van der Waals surface area (Å²) in [5.41, 5.74) is 4.63. The summed E-state index contributed by atoms with van der Waals surface area (Å²) in [6.45, 7) is 1.06. The monoisotopic (exact) mass is 478 g/mol. The number of nitrogens with zero attached hydrogens (tertiary/aromatic N) is 3. The molecule has 2 aromatic heterocycles. The molecule has 0 spiro atoms. The predicted molar refractivity (Wildman–Crippen MR) is 133 cm³/mol. The van der Waals surface area contributed by atoms with Crippen LogP contribution in [0, 0.1) is 0 Å². The number of para-hydroxylation sites is 1. The van der Waals surface area contributed by atoms with Gasteiger partial charge >= 0.3 is 0 Å². The van der Waals surface area contributed by atoms with E-state index < -0.39 is 0 Å². The van der Waals surface area contributed by atoms with Gasteiger partial charge in [-0.2, -0.15) is 5.10 Å². The Hall–Kier alpha value is -3.98. The summed E-state index contributed by atoms with van der Waals surface area (Å²) >= 11 is 6.35. The molecule has 0 unspecified atom stereocenters. The van der Waals surface area contributed by atoms with Gasteiger partial charge in [0.1, 0.15) is 17.1 Å². The van der Waals surface area contributed by atoms with Crippen molar-refractivity contribution in [1.82, 2.24) is 20.1 Å². The molecule has 5 rings (SSSR count). The minimum absolute atomic E-state index is 0.204. The third kappa shape index (κ3) is 3.54. The van der Waals surface area contributed by atoms with Gasteiger partial charge in [0.15, 0.2) is 5.75 Å². The van der Waals surface area contributed by atoms with Gasteiger partial charge in [0, 0.05) is 36.8 Å². The van der Waals surface area contributed by atoms with Crippen molar-refractivity contribution < 1.29 is 14.3 Å². The predicted octanol–water partition coefficient (Wildman–Crippen LogP) is 4.30. The first-order valence-electron chi connectivity index (χ1n) is 10.7. The molecule has 0 radical (unpaired) electrons. The first-order chi connectivity index (χ1) is 16.5. The standard InChI is InChI=1S/C24H23ClN6O3/c1-26-18-11-14-13(7-8-27-17(14)12-19(18)33-2)20-21(22-24(32)28-9-10-31(22)30-20)29-16-6-4-5-15(25)23(16)34-3/h4-8,11-12,26,29H,9-10H2,1-3H3,(H,28,32). The average Bonchev–Trinajstić information content (AvgIpc) is 3.22. The normalized spacial score (nSPS) is 12.8. The molecule has 0 fully saturated rings. The number of pyridine rings is 1. The van der Waals surface area contributed by atoms with Gasteiger partial charge in [0.2, 0.25) is 0 Å². The maximum Gasteiger partial charge on any atom is 0.271 e. The number of halogens is 1. The highest BCUT2D eigenvalue weighted by molar-refractivity contribution is 6.32. The van der Waals surface area contributed by atoms with Crippen LogP contribution in [0.25, 0.3) is 22.2 Å². The van der Waals surface area contributed by atoms with Crippen molar-refractivity contribution in [2.75, 3.05) is 38.4 Å². The molecule has 0 bridgehead atoms. The number of benzene rings is 2. The number of ether oxygens (including phenoxy) is 2. The van der Waals surface area contributed by atoms with Crippen LogP contribution < -0.4 is 25.4 Å². The molecule has 3 heterocycles. The SMILES string of the molecule is CNc1cc2c(-c3nn4c(c3Nc3cccc(Cl)c3OC)C(=O)NCC4)ccnc2cc1OC. The molecule has 174 valence electrons. The van der Waals surface area contributed by atoms with Crippen LogP contribution in [0.5, 0.6) is 11.5 Å². The van der Waals surface area contributed by atoms with Gasteiger partial charge in [-0.1, -0.05) is 17.7 Å². The lowest BCUT2D eigenvalue weighted by Gasteiger charge is -2.17. The number of fused-ring (bicyclic) bond motifs is 2. The Morgan fingerprint density at radius 3 is 2.76 bits per heavy atom. The van der Waals surface area contributed by atoms with E-state index in [1.54, 1.807) is 31.2 Å². The van der Waals surface area contributed by atoms with Gasteiger partial charge in [0.05, 0.1) is 48.4 Å². The largest absolute Gasteiger partial charge is 0.495 e. The fourth-order valence-corrected chi connectivity index (χ4v) is 4.47. The van der Waals surface area contributed by atoms with Crippen LogP contribution in [-0.4, -0.2) is 48.5 Å². The Bertz CT molecular complexity index is 1420. The van der Waals surface area contributed by atoms with Crippen molar-refractivity contribution in [3.63, 3.8) is 0 Å². The zero-order valence-electron chi connectivity index (χ0n) is 18.9. The lowest BCUT2D eigenvalue weighted by molar-refractivity contribution is 0.0925. The number of hydrogen-bond donors (Lipinski definition) is 3. The summed E-state index contributed by atoms with van der Waals surface area (Å²) in [6.07, 6.45) is 1.72. The maximum atomic E-state index is 12.9. The summed E-state index contributed by atoms with van der Waals surface area (Å²) in [5, 5.41) is 15.6. The first kappa shape index (κ1) is 21.8. The van der Waals surface area contributed by atoms with Crippen molar-refractivity contribution in [2.45, 2.75) is 6.54 Å². The van der Waals surface area contributed by atoms with Crippen LogP contribution in [0.15, 0.2) is 42.6 Å². The van der Waals surface area contributed by atoms with Crippen LogP contribution in [0.2, 0.25) is 5.02 Å². The fourth-order valence-electron chi connectivity index (χ4n) is 4.21. The highest BCUT2D eigenvalue weighted by Crippen LogP contribution is 2.42. The van der Waals surface area contributed by atoms with Gasteiger partial charge in [-0.05, 0) is 24.3 Å². The van der Waals surface area contributed by atoms with Crippen molar-refractivity contribution in [1.29, 1.82) is 0 Å². The number of amides is 1. The van der Waals surface area contributed by atoms with Crippen LogP contribution >= 0.6 is 11.6 Å². The molecule has 1 amide bonds. The minimum atomic E-state index is -0.204. The van der Waals surface area contributed by atoms with E-state index in [-0.39, 0.29) is 5.91 Å². The summed E-state index contributed by atoms with van der Waals surface area (Å²) in [5.74, 6) is 0.961. The molecule has 34 heavy (non-hydrogen) atoms. The average molecular weight is 479 g/mol. The Morgan fingerprint density at radius 2 is 2.00 bits per heavy atom. The van der Waals surface area contributed by atoms with Gasteiger partial charge < -0.3 is 25.4 Å². The van der Waals surface area contributed by atoms with Crippen molar-refractivity contribution >= 4 is 45.5 Å². The number of carbonyl (C=O) groups is 1. The second kappa shape index (κ2) is 8.75. The number of nitrogens with one attached hydrogen (secondary N) is 3. The third-order valence-electron chi connectivity index (χ3n) is 5.79. The van der Waals surface area contributed by atoms with Crippen LogP contribution in [0.1, 0.15) is 10.5 Å². The molecule has 0 saturated heterocycles. The molecule has 0 aliphatic carbocycles. The topological polar surface area (TPSA) is 102 Å². The van der Waals surface area contributed by atoms with Gasteiger partial charge in [-0.25, -0.2) is 0 Å². The van der Waals surface area contributed by atoms with Crippen LogP contribution in [-0.2, 0) is 6.54 Å². The zero-order valence-corrected chi connectivity index (χ0v) is 19.7. The van der Waals surface area contributed by atoms with Crippen molar-refractivity contribution in [2.24, 2.45) is 0 Å². The molecule has 3 N–H and O–H groups in total. The summed E-state index contributed by atoms with van der Waals surface area (Å²) < 4.78 is 12.7. The lowest BCUT2D eigenvalue weighted by Crippen LogP contribution is -2.35. The van der Waals surface area contributed by atoms with Crippen LogP contribution in [0.4, 0.5) is 17.1 Å². The summed E-state index contributed by atoms with van der Waals surface area (Å²) in [4.78, 5) is 17.4. The van der Waals surface area contributed by atoms with E-state index in [2.05, 4.69) is 20.9 Å². The summed E-state index contributed by atoms with van der Waals surface area (Å²) in [6, 6.07) is 11.1. The molecule has 2 aromatic carbocycles. The highest BCUT2D eigenvalue weighted by atomic mass is 35.5. The Labute approximate surface area is 201 Å². The Kier molecular flexibility index (Phi) is 5.62. The van der Waals surface area contributed by atoms with E-state index in [1.807, 2.05) is 37.4 Å². The number of anilines is 3. The first-order valence-corrected chi connectivity index (χ1v) is 11.1. The minimum Gasteiger partial charge on any atom is -0.495 e. The smallest absolute Gasteiger partial charge is 0.271 e. The molecule has 4 aromatic rings. The lowest BCUT2D eigenvalue weighted by atomic mass is 10.0. The molecule has 9 nitrogen and oxygen atoms in total. The van der Waals surface area contributed by atoms with E-state index in [1.165, 1.54) is 0 Å². The second-order valence-electron chi connectivity index (χ2n) is 7.68. The number of methoxy groups -OCH3 is 2. The van der Waals surface area contributed by atoms with Crippen molar-refractivity contribution in [3.05, 3.63) is 53.3 Å². The molecular weight excluding hydrogens is 456 g/mol. The molecular formula is C24H23ClN6O3. The van der Waals surface area contributed by atoms with Crippen LogP contribution in [0.3, 0.4) is 0 Å². The molecule has 0 saturated carbocycles. The Balaban J connectivity index is 1.76. The molecule has 1 aliphatic rings. The van der Waals surface area contributed by atoms with E-state index in [0.717, 1.165) is 22.2 Å². The van der Waals surface area contributed by atoms with E-state index >= 15 is 0 Å².